The highest BCUT2D eigenvalue weighted by Gasteiger charge is 2.25. The zero-order valence-corrected chi connectivity index (χ0v) is 12.5. The Morgan fingerprint density at radius 1 is 1.27 bits per heavy atom. The van der Waals surface area contributed by atoms with Gasteiger partial charge >= 0.3 is 0 Å². The van der Waals surface area contributed by atoms with Crippen molar-refractivity contribution in [1.29, 1.82) is 0 Å². The fourth-order valence-corrected chi connectivity index (χ4v) is 2.64. The van der Waals surface area contributed by atoms with Gasteiger partial charge in [0.2, 0.25) is 5.91 Å². The van der Waals surface area contributed by atoms with Gasteiger partial charge in [0.15, 0.2) is 0 Å². The summed E-state index contributed by atoms with van der Waals surface area (Å²) < 4.78 is 5.64. The predicted octanol–water partition coefficient (Wildman–Crippen LogP) is 1.81. The van der Waals surface area contributed by atoms with E-state index >= 15 is 0 Å². The van der Waals surface area contributed by atoms with Crippen molar-refractivity contribution in [2.45, 2.75) is 6.92 Å². The SMILES string of the molecule is CCOc1cc2ccccc2cc1C(=O)N1CCNC(=O)C1. The first kappa shape index (κ1) is 14.4. The van der Waals surface area contributed by atoms with Crippen LogP contribution in [0.2, 0.25) is 0 Å². The number of rotatable bonds is 3. The third-order valence-electron chi connectivity index (χ3n) is 3.70. The summed E-state index contributed by atoms with van der Waals surface area (Å²) in [5.41, 5.74) is 0.509. The average Bonchev–Trinajstić information content (AvgIpc) is 2.54. The van der Waals surface area contributed by atoms with Crippen LogP contribution in [0.1, 0.15) is 17.3 Å². The number of fused-ring (bicyclic) bond motifs is 1. The van der Waals surface area contributed by atoms with Crippen molar-refractivity contribution < 1.29 is 14.3 Å². The molecule has 0 atom stereocenters. The summed E-state index contributed by atoms with van der Waals surface area (Å²) in [5, 5.41) is 4.73. The molecule has 2 aromatic rings. The van der Waals surface area contributed by atoms with E-state index in [1.807, 2.05) is 43.3 Å². The number of benzene rings is 2. The molecule has 1 aliphatic heterocycles. The minimum absolute atomic E-state index is 0.0945. The molecule has 0 radical (unpaired) electrons. The fraction of sp³-hybridized carbons (Fsp3) is 0.294. The summed E-state index contributed by atoms with van der Waals surface area (Å²) in [5.74, 6) is 0.277. The third-order valence-corrected chi connectivity index (χ3v) is 3.70. The maximum absolute atomic E-state index is 12.8. The number of carbonyl (C=O) groups is 2. The van der Waals surface area contributed by atoms with Crippen molar-refractivity contribution in [3.63, 3.8) is 0 Å². The monoisotopic (exact) mass is 298 g/mol. The minimum Gasteiger partial charge on any atom is -0.493 e. The molecule has 0 aliphatic carbocycles. The molecule has 1 fully saturated rings. The first-order valence-corrected chi connectivity index (χ1v) is 7.40. The lowest BCUT2D eigenvalue weighted by Gasteiger charge is -2.27. The lowest BCUT2D eigenvalue weighted by atomic mass is 10.0. The van der Waals surface area contributed by atoms with E-state index in [1.54, 1.807) is 4.90 Å². The van der Waals surface area contributed by atoms with E-state index < -0.39 is 0 Å². The van der Waals surface area contributed by atoms with Crippen LogP contribution in [-0.2, 0) is 4.79 Å². The quantitative estimate of drug-likeness (QED) is 0.940. The zero-order valence-electron chi connectivity index (χ0n) is 12.5. The van der Waals surface area contributed by atoms with E-state index in [-0.39, 0.29) is 18.4 Å². The third kappa shape index (κ3) is 2.74. The maximum atomic E-state index is 12.8. The van der Waals surface area contributed by atoms with Crippen LogP contribution < -0.4 is 10.1 Å². The summed E-state index contributed by atoms with van der Waals surface area (Å²) in [7, 11) is 0. The van der Waals surface area contributed by atoms with Crippen molar-refractivity contribution in [3.8, 4) is 5.75 Å². The van der Waals surface area contributed by atoms with Crippen molar-refractivity contribution in [2.24, 2.45) is 0 Å². The number of nitrogens with zero attached hydrogens (tertiary/aromatic N) is 1. The average molecular weight is 298 g/mol. The van der Waals surface area contributed by atoms with Gasteiger partial charge in [-0.2, -0.15) is 0 Å². The summed E-state index contributed by atoms with van der Waals surface area (Å²) >= 11 is 0. The lowest BCUT2D eigenvalue weighted by molar-refractivity contribution is -0.123. The molecule has 1 heterocycles. The van der Waals surface area contributed by atoms with E-state index in [4.69, 9.17) is 4.74 Å². The van der Waals surface area contributed by atoms with Crippen molar-refractivity contribution >= 4 is 22.6 Å². The van der Waals surface area contributed by atoms with Crippen LogP contribution in [0.4, 0.5) is 0 Å². The molecule has 5 heteroatoms. The Balaban J connectivity index is 2.01. The van der Waals surface area contributed by atoms with Gasteiger partial charge in [0.05, 0.1) is 18.7 Å². The smallest absolute Gasteiger partial charge is 0.258 e. The molecule has 2 aromatic carbocycles. The molecule has 2 amide bonds. The molecule has 0 saturated carbocycles. The molecule has 22 heavy (non-hydrogen) atoms. The van der Waals surface area contributed by atoms with Gasteiger partial charge in [-0.3, -0.25) is 9.59 Å². The summed E-state index contributed by atoms with van der Waals surface area (Å²) in [6.45, 7) is 3.47. The molecule has 114 valence electrons. The molecule has 0 bridgehead atoms. The summed E-state index contributed by atoms with van der Waals surface area (Å²) in [6, 6.07) is 11.6. The summed E-state index contributed by atoms with van der Waals surface area (Å²) in [6.07, 6.45) is 0. The number of nitrogens with one attached hydrogen (secondary N) is 1. The zero-order chi connectivity index (χ0) is 15.5. The topological polar surface area (TPSA) is 58.6 Å². The molecular weight excluding hydrogens is 280 g/mol. The van der Waals surface area contributed by atoms with Crippen LogP contribution in [0.15, 0.2) is 36.4 Å². The second kappa shape index (κ2) is 6.05. The van der Waals surface area contributed by atoms with Crippen LogP contribution in [0.5, 0.6) is 5.75 Å². The molecule has 3 rings (SSSR count). The number of hydrogen-bond donors (Lipinski definition) is 1. The largest absolute Gasteiger partial charge is 0.493 e. The first-order chi connectivity index (χ1) is 10.7. The number of hydrogen-bond acceptors (Lipinski definition) is 3. The lowest BCUT2D eigenvalue weighted by Crippen LogP contribution is -2.50. The highest BCUT2D eigenvalue weighted by atomic mass is 16.5. The van der Waals surface area contributed by atoms with E-state index in [0.717, 1.165) is 10.8 Å². The van der Waals surface area contributed by atoms with Gasteiger partial charge < -0.3 is 15.0 Å². The molecule has 1 aliphatic rings. The van der Waals surface area contributed by atoms with Crippen LogP contribution in [0, 0.1) is 0 Å². The van der Waals surface area contributed by atoms with Crippen LogP contribution in [0.25, 0.3) is 10.8 Å². The first-order valence-electron chi connectivity index (χ1n) is 7.40. The Hall–Kier alpha value is -2.56. The van der Waals surface area contributed by atoms with Gasteiger partial charge in [0.25, 0.3) is 5.91 Å². The second-order valence-corrected chi connectivity index (χ2v) is 5.21. The minimum atomic E-state index is -0.163. The predicted molar refractivity (Wildman–Crippen MR) is 84.0 cm³/mol. The van der Waals surface area contributed by atoms with E-state index in [1.165, 1.54) is 0 Å². The van der Waals surface area contributed by atoms with Gasteiger partial charge in [-0.25, -0.2) is 0 Å². The fourth-order valence-electron chi connectivity index (χ4n) is 2.64. The molecule has 1 N–H and O–H groups in total. The molecule has 0 spiro atoms. The number of ether oxygens (including phenoxy) is 1. The van der Waals surface area contributed by atoms with E-state index in [0.29, 0.717) is 31.0 Å². The Morgan fingerprint density at radius 3 is 2.68 bits per heavy atom. The van der Waals surface area contributed by atoms with Crippen molar-refractivity contribution in [3.05, 3.63) is 42.0 Å². The molecule has 0 unspecified atom stereocenters. The van der Waals surface area contributed by atoms with Gasteiger partial charge in [-0.15, -0.1) is 0 Å². The molecule has 5 nitrogen and oxygen atoms in total. The van der Waals surface area contributed by atoms with Crippen LogP contribution in [0.3, 0.4) is 0 Å². The highest BCUT2D eigenvalue weighted by molar-refractivity contribution is 6.03. The van der Waals surface area contributed by atoms with Crippen LogP contribution >= 0.6 is 0 Å². The van der Waals surface area contributed by atoms with E-state index in [9.17, 15) is 9.59 Å². The van der Waals surface area contributed by atoms with Gasteiger partial charge in [-0.1, -0.05) is 24.3 Å². The second-order valence-electron chi connectivity index (χ2n) is 5.21. The Kier molecular flexibility index (Phi) is 3.96. The van der Waals surface area contributed by atoms with E-state index in [2.05, 4.69) is 5.32 Å². The molecular formula is C17H18N2O3. The molecule has 1 saturated heterocycles. The van der Waals surface area contributed by atoms with Crippen molar-refractivity contribution in [2.75, 3.05) is 26.2 Å². The van der Waals surface area contributed by atoms with Crippen molar-refractivity contribution in [1.82, 2.24) is 10.2 Å². The molecule has 0 aromatic heterocycles. The van der Waals surface area contributed by atoms with Gasteiger partial charge in [0, 0.05) is 13.1 Å². The van der Waals surface area contributed by atoms with Gasteiger partial charge in [0.1, 0.15) is 5.75 Å². The Morgan fingerprint density at radius 2 is 2.00 bits per heavy atom. The summed E-state index contributed by atoms with van der Waals surface area (Å²) in [4.78, 5) is 25.8. The highest BCUT2D eigenvalue weighted by Crippen LogP contribution is 2.27. The Labute approximate surface area is 128 Å². The van der Waals surface area contributed by atoms with Gasteiger partial charge in [-0.05, 0) is 29.8 Å². The number of carbonyl (C=O) groups excluding carboxylic acids is 2. The number of amides is 2. The van der Waals surface area contributed by atoms with Crippen LogP contribution in [-0.4, -0.2) is 43.0 Å². The normalized spacial score (nSPS) is 14.8. The number of piperazine rings is 1. The Bertz CT molecular complexity index is 727. The standard InChI is InChI=1S/C17H18N2O3/c1-2-22-15-10-13-6-4-3-5-12(13)9-14(15)17(21)19-8-7-18-16(20)11-19/h3-6,9-10H,2,7-8,11H2,1H3,(H,18,20). The maximum Gasteiger partial charge on any atom is 0.258 e.